The van der Waals surface area contributed by atoms with E-state index in [9.17, 15) is 22.8 Å². The first-order valence-electron chi connectivity index (χ1n) is 6.74. The van der Waals surface area contributed by atoms with E-state index < -0.39 is 24.1 Å². The Hall–Kier alpha value is -2.51. The molecule has 2 rings (SSSR count). The predicted molar refractivity (Wildman–Crippen MR) is 76.7 cm³/mol. The lowest BCUT2D eigenvalue weighted by molar-refractivity contribution is -0.175. The number of rotatable bonds is 4. The van der Waals surface area contributed by atoms with Crippen molar-refractivity contribution < 1.29 is 27.5 Å². The van der Waals surface area contributed by atoms with E-state index in [2.05, 4.69) is 9.72 Å². The van der Waals surface area contributed by atoms with E-state index in [0.29, 0.717) is 5.56 Å². The van der Waals surface area contributed by atoms with Gasteiger partial charge in [-0.1, -0.05) is 11.6 Å². The number of esters is 1. The summed E-state index contributed by atoms with van der Waals surface area (Å²) in [5.74, 6) is -3.12. The van der Waals surface area contributed by atoms with Gasteiger partial charge in [0.15, 0.2) is 0 Å². The Morgan fingerprint density at radius 3 is 2.65 bits per heavy atom. The molecule has 1 atom stereocenters. The third-order valence-corrected chi connectivity index (χ3v) is 3.40. The highest BCUT2D eigenvalue weighted by Crippen LogP contribution is 2.22. The normalized spacial score (nSPS) is 12.9. The van der Waals surface area contributed by atoms with Gasteiger partial charge in [-0.05, 0) is 24.6 Å². The number of nitrogens with one attached hydrogen (secondary N) is 2. The summed E-state index contributed by atoms with van der Waals surface area (Å²) in [6.07, 6.45) is -3.58. The van der Waals surface area contributed by atoms with Crippen LogP contribution in [0.3, 0.4) is 0 Å². The Balaban J connectivity index is 2.28. The zero-order chi connectivity index (χ0) is 17.2. The van der Waals surface area contributed by atoms with E-state index in [1.54, 1.807) is 11.5 Å². The summed E-state index contributed by atoms with van der Waals surface area (Å²) in [6, 6.07) is 4.14. The van der Waals surface area contributed by atoms with Crippen molar-refractivity contribution in [3.63, 3.8) is 0 Å². The van der Waals surface area contributed by atoms with Crippen LogP contribution in [0.4, 0.5) is 13.2 Å². The van der Waals surface area contributed by atoms with E-state index in [0.717, 1.165) is 23.6 Å². The second-order valence-corrected chi connectivity index (χ2v) is 5.11. The number of amides is 1. The molecule has 0 saturated carbocycles. The van der Waals surface area contributed by atoms with Crippen molar-refractivity contribution in [1.82, 2.24) is 10.3 Å². The van der Waals surface area contributed by atoms with Gasteiger partial charge in [-0.25, -0.2) is 4.79 Å². The third kappa shape index (κ3) is 3.82. The summed E-state index contributed by atoms with van der Waals surface area (Å²) in [4.78, 5) is 25.8. The lowest BCUT2D eigenvalue weighted by atomic mass is 10.0. The number of benzene rings is 1. The molecule has 124 valence electrons. The molecule has 0 radical (unpaired) electrons. The maximum atomic E-state index is 12.4. The average Bonchev–Trinajstić information content (AvgIpc) is 2.87. The molecule has 1 heterocycles. The van der Waals surface area contributed by atoms with Crippen LogP contribution in [0.15, 0.2) is 24.4 Å². The second kappa shape index (κ2) is 6.31. The van der Waals surface area contributed by atoms with Crippen LogP contribution in [-0.2, 0) is 20.7 Å². The number of aryl methyl sites for hydroxylation is 1. The van der Waals surface area contributed by atoms with Crippen molar-refractivity contribution in [2.45, 2.75) is 25.6 Å². The van der Waals surface area contributed by atoms with Gasteiger partial charge in [-0.3, -0.25) is 4.79 Å². The zero-order valence-corrected chi connectivity index (χ0v) is 12.5. The Kier molecular flexibility index (Phi) is 4.63. The highest BCUT2D eigenvalue weighted by molar-refractivity contribution is 5.89. The van der Waals surface area contributed by atoms with Crippen LogP contribution in [0.2, 0.25) is 0 Å². The number of aromatic nitrogens is 1. The van der Waals surface area contributed by atoms with Crippen molar-refractivity contribution in [2.24, 2.45) is 0 Å². The van der Waals surface area contributed by atoms with Crippen LogP contribution in [0.1, 0.15) is 11.1 Å². The van der Waals surface area contributed by atoms with Gasteiger partial charge in [0, 0.05) is 23.5 Å². The predicted octanol–water partition coefficient (Wildman–Crippen LogP) is 2.24. The minimum atomic E-state index is -5.07. The maximum absolute atomic E-state index is 12.4. The van der Waals surface area contributed by atoms with Crippen LogP contribution in [0.25, 0.3) is 10.9 Å². The standard InChI is InChI=1S/C15H15F3N2O3/c1-8-3-4-11-10(5-8)9(7-19-11)6-12(13(21)23-2)20-14(22)15(16,17)18/h3-5,7,12,19H,6H2,1-2H3,(H,20,22)/t12-/m0/s1. The molecule has 0 bridgehead atoms. The number of fused-ring (bicyclic) bond motifs is 1. The topological polar surface area (TPSA) is 71.2 Å². The van der Waals surface area contributed by atoms with Gasteiger partial charge in [0.25, 0.3) is 0 Å². The molecule has 0 unspecified atom stereocenters. The van der Waals surface area contributed by atoms with E-state index in [1.165, 1.54) is 0 Å². The molecule has 0 saturated heterocycles. The summed E-state index contributed by atoms with van der Waals surface area (Å²) in [5.41, 5.74) is 2.37. The second-order valence-electron chi connectivity index (χ2n) is 5.11. The summed E-state index contributed by atoms with van der Waals surface area (Å²) in [6.45, 7) is 1.87. The molecule has 0 fully saturated rings. The van der Waals surface area contributed by atoms with Crippen molar-refractivity contribution in [3.8, 4) is 0 Å². The minimum Gasteiger partial charge on any atom is -0.467 e. The lowest BCUT2D eigenvalue weighted by Crippen LogP contribution is -2.48. The molecule has 5 nitrogen and oxygen atoms in total. The first-order chi connectivity index (χ1) is 10.7. The molecule has 0 spiro atoms. The molecule has 0 aliphatic rings. The zero-order valence-electron chi connectivity index (χ0n) is 12.5. The van der Waals surface area contributed by atoms with Gasteiger partial charge < -0.3 is 15.0 Å². The van der Waals surface area contributed by atoms with Crippen LogP contribution in [0.5, 0.6) is 0 Å². The van der Waals surface area contributed by atoms with Crippen LogP contribution >= 0.6 is 0 Å². The number of hydrogen-bond acceptors (Lipinski definition) is 3. The van der Waals surface area contributed by atoms with Gasteiger partial charge in [-0.2, -0.15) is 13.2 Å². The van der Waals surface area contributed by atoms with Crippen molar-refractivity contribution in [3.05, 3.63) is 35.5 Å². The number of halogens is 3. The fourth-order valence-electron chi connectivity index (χ4n) is 2.26. The summed E-state index contributed by atoms with van der Waals surface area (Å²) < 4.78 is 41.7. The first kappa shape index (κ1) is 16.9. The lowest BCUT2D eigenvalue weighted by Gasteiger charge is -2.17. The Bertz CT molecular complexity index is 737. The summed E-state index contributed by atoms with van der Waals surface area (Å²) >= 11 is 0. The first-order valence-corrected chi connectivity index (χ1v) is 6.74. The minimum absolute atomic E-state index is 0.113. The number of hydrogen-bond donors (Lipinski definition) is 2. The van der Waals surface area contributed by atoms with Gasteiger partial charge in [0.05, 0.1) is 7.11 Å². The number of alkyl halides is 3. The van der Waals surface area contributed by atoms with Crippen molar-refractivity contribution in [1.29, 1.82) is 0 Å². The largest absolute Gasteiger partial charge is 0.471 e. The molecular weight excluding hydrogens is 313 g/mol. The fraction of sp³-hybridized carbons (Fsp3) is 0.333. The van der Waals surface area contributed by atoms with Crippen molar-refractivity contribution >= 4 is 22.8 Å². The number of ether oxygens (including phenoxy) is 1. The molecule has 2 aromatic rings. The number of methoxy groups -OCH3 is 1. The van der Waals surface area contributed by atoms with Crippen LogP contribution < -0.4 is 5.32 Å². The number of aromatic amines is 1. The molecule has 23 heavy (non-hydrogen) atoms. The summed E-state index contributed by atoms with van der Waals surface area (Å²) in [5, 5.41) is 2.45. The smallest absolute Gasteiger partial charge is 0.467 e. The van der Waals surface area contributed by atoms with E-state index in [4.69, 9.17) is 0 Å². The maximum Gasteiger partial charge on any atom is 0.471 e. The molecule has 1 aromatic heterocycles. The Labute approximate surface area is 129 Å². The highest BCUT2D eigenvalue weighted by Gasteiger charge is 2.41. The number of carbonyl (C=O) groups excluding carboxylic acids is 2. The summed E-state index contributed by atoms with van der Waals surface area (Å²) in [7, 11) is 1.05. The van der Waals surface area contributed by atoms with E-state index >= 15 is 0 Å². The Morgan fingerprint density at radius 1 is 1.35 bits per heavy atom. The third-order valence-electron chi connectivity index (χ3n) is 3.40. The SMILES string of the molecule is COC(=O)[C@H](Cc1c[nH]c2ccc(C)cc12)NC(=O)C(F)(F)F. The quantitative estimate of drug-likeness (QED) is 0.846. The molecular formula is C15H15F3N2O3. The van der Waals surface area contributed by atoms with E-state index in [1.807, 2.05) is 25.1 Å². The number of carbonyl (C=O) groups is 2. The van der Waals surface area contributed by atoms with E-state index in [-0.39, 0.29) is 6.42 Å². The molecule has 2 N–H and O–H groups in total. The van der Waals surface area contributed by atoms with Crippen LogP contribution in [-0.4, -0.2) is 36.2 Å². The molecule has 1 amide bonds. The Morgan fingerprint density at radius 2 is 2.04 bits per heavy atom. The van der Waals surface area contributed by atoms with Gasteiger partial charge in [0.1, 0.15) is 6.04 Å². The highest BCUT2D eigenvalue weighted by atomic mass is 19.4. The van der Waals surface area contributed by atoms with Gasteiger partial charge in [-0.15, -0.1) is 0 Å². The van der Waals surface area contributed by atoms with Gasteiger partial charge in [0.2, 0.25) is 0 Å². The average molecular weight is 328 g/mol. The number of H-pyrrole nitrogens is 1. The molecule has 1 aromatic carbocycles. The fourth-order valence-corrected chi connectivity index (χ4v) is 2.26. The molecule has 0 aliphatic carbocycles. The van der Waals surface area contributed by atoms with Gasteiger partial charge >= 0.3 is 18.1 Å². The molecule has 8 heteroatoms. The van der Waals surface area contributed by atoms with Crippen LogP contribution in [0, 0.1) is 6.92 Å². The monoisotopic (exact) mass is 328 g/mol. The molecule has 0 aliphatic heterocycles. The van der Waals surface area contributed by atoms with Crippen molar-refractivity contribution in [2.75, 3.05) is 7.11 Å².